The van der Waals surface area contributed by atoms with Crippen LogP contribution in [-0.4, -0.2) is 19.0 Å². The van der Waals surface area contributed by atoms with E-state index in [0.717, 1.165) is 5.56 Å². The van der Waals surface area contributed by atoms with Crippen LogP contribution in [0.25, 0.3) is 0 Å². The Hall–Kier alpha value is -1.55. The number of hydrogen-bond acceptors (Lipinski definition) is 3. The van der Waals surface area contributed by atoms with Crippen LogP contribution in [0, 0.1) is 0 Å². The molecule has 0 saturated heterocycles. The SMILES string of the molecule is COC(=O)c1c(Cl)ccc2c1CCC(=O)N2. The first-order valence-corrected chi connectivity index (χ1v) is 5.21. The number of carbonyl (C=O) groups is 2. The summed E-state index contributed by atoms with van der Waals surface area (Å²) in [7, 11) is 1.31. The van der Waals surface area contributed by atoms with Crippen molar-refractivity contribution in [3.63, 3.8) is 0 Å². The van der Waals surface area contributed by atoms with Gasteiger partial charge in [-0.15, -0.1) is 0 Å². The molecule has 0 bridgehead atoms. The van der Waals surface area contributed by atoms with E-state index in [1.54, 1.807) is 12.1 Å². The molecule has 0 unspecified atom stereocenters. The third-order valence-electron chi connectivity index (χ3n) is 2.53. The van der Waals surface area contributed by atoms with Gasteiger partial charge in [-0.1, -0.05) is 11.6 Å². The zero-order chi connectivity index (χ0) is 11.7. The van der Waals surface area contributed by atoms with Gasteiger partial charge in [-0.25, -0.2) is 4.79 Å². The van der Waals surface area contributed by atoms with Gasteiger partial charge in [-0.3, -0.25) is 4.79 Å². The quantitative estimate of drug-likeness (QED) is 0.763. The molecule has 4 nitrogen and oxygen atoms in total. The Morgan fingerprint density at radius 2 is 2.19 bits per heavy atom. The van der Waals surface area contributed by atoms with E-state index in [2.05, 4.69) is 10.1 Å². The first kappa shape index (κ1) is 11.0. The van der Waals surface area contributed by atoms with Crippen molar-refractivity contribution in [2.24, 2.45) is 0 Å². The number of esters is 1. The molecule has 84 valence electrons. The Morgan fingerprint density at radius 1 is 1.44 bits per heavy atom. The van der Waals surface area contributed by atoms with E-state index in [1.165, 1.54) is 7.11 Å². The Bertz CT molecular complexity index is 471. The van der Waals surface area contributed by atoms with Crippen molar-refractivity contribution in [2.75, 3.05) is 12.4 Å². The van der Waals surface area contributed by atoms with Gasteiger partial charge in [0.2, 0.25) is 5.91 Å². The van der Waals surface area contributed by atoms with Gasteiger partial charge in [0, 0.05) is 12.1 Å². The van der Waals surface area contributed by atoms with Crippen LogP contribution in [0.3, 0.4) is 0 Å². The zero-order valence-corrected chi connectivity index (χ0v) is 9.43. The van der Waals surface area contributed by atoms with Crippen LogP contribution in [0.2, 0.25) is 5.02 Å². The maximum atomic E-state index is 11.6. The van der Waals surface area contributed by atoms with E-state index in [0.29, 0.717) is 29.1 Å². The van der Waals surface area contributed by atoms with Crippen molar-refractivity contribution >= 4 is 29.2 Å². The van der Waals surface area contributed by atoms with Gasteiger partial charge in [-0.2, -0.15) is 0 Å². The number of nitrogens with one attached hydrogen (secondary N) is 1. The maximum Gasteiger partial charge on any atom is 0.339 e. The number of carbonyl (C=O) groups excluding carboxylic acids is 2. The van der Waals surface area contributed by atoms with Crippen LogP contribution in [-0.2, 0) is 16.0 Å². The van der Waals surface area contributed by atoms with Crippen LogP contribution in [0.15, 0.2) is 12.1 Å². The summed E-state index contributed by atoms with van der Waals surface area (Å²) in [5.41, 5.74) is 1.74. The van der Waals surface area contributed by atoms with Crippen molar-refractivity contribution in [3.8, 4) is 0 Å². The molecule has 0 aromatic heterocycles. The van der Waals surface area contributed by atoms with E-state index >= 15 is 0 Å². The molecule has 1 N–H and O–H groups in total. The lowest BCUT2D eigenvalue weighted by molar-refractivity contribution is -0.116. The first-order chi connectivity index (χ1) is 7.63. The van der Waals surface area contributed by atoms with Crippen LogP contribution in [0.5, 0.6) is 0 Å². The topological polar surface area (TPSA) is 55.4 Å². The Kier molecular flexibility index (Phi) is 2.83. The largest absolute Gasteiger partial charge is 0.465 e. The number of amides is 1. The fourth-order valence-corrected chi connectivity index (χ4v) is 2.02. The van der Waals surface area contributed by atoms with Crippen molar-refractivity contribution in [1.29, 1.82) is 0 Å². The predicted octanol–water partition coefficient (Wildman–Crippen LogP) is 2.01. The summed E-state index contributed by atoms with van der Waals surface area (Å²) in [4.78, 5) is 22.8. The number of anilines is 1. The molecule has 0 saturated carbocycles. The highest BCUT2D eigenvalue weighted by atomic mass is 35.5. The normalized spacial score (nSPS) is 14.0. The summed E-state index contributed by atoms with van der Waals surface area (Å²) in [6.07, 6.45) is 0.865. The molecule has 1 heterocycles. The second-order valence-electron chi connectivity index (χ2n) is 3.49. The minimum atomic E-state index is -0.474. The van der Waals surface area contributed by atoms with Gasteiger partial charge in [0.1, 0.15) is 0 Å². The van der Waals surface area contributed by atoms with Gasteiger partial charge in [-0.05, 0) is 24.1 Å². The molecule has 0 radical (unpaired) electrons. The summed E-state index contributed by atoms with van der Waals surface area (Å²) < 4.78 is 4.67. The summed E-state index contributed by atoms with van der Waals surface area (Å²) in [6.45, 7) is 0. The smallest absolute Gasteiger partial charge is 0.339 e. The van der Waals surface area contributed by atoms with Crippen LogP contribution >= 0.6 is 11.6 Å². The van der Waals surface area contributed by atoms with Crippen LogP contribution in [0.1, 0.15) is 22.3 Å². The van der Waals surface area contributed by atoms with Gasteiger partial charge >= 0.3 is 5.97 Å². The minimum absolute atomic E-state index is 0.0503. The standard InChI is InChI=1S/C11H10ClNO3/c1-16-11(15)10-6-2-5-9(14)13-8(6)4-3-7(10)12/h3-4H,2,5H2,1H3,(H,13,14). The predicted molar refractivity (Wildman–Crippen MR) is 59.7 cm³/mol. The molecule has 2 rings (SSSR count). The second kappa shape index (κ2) is 4.14. The molecule has 0 aliphatic carbocycles. The number of halogens is 1. The molecule has 1 amide bonds. The number of methoxy groups -OCH3 is 1. The lowest BCUT2D eigenvalue weighted by Crippen LogP contribution is -2.21. The highest BCUT2D eigenvalue weighted by molar-refractivity contribution is 6.34. The van der Waals surface area contributed by atoms with E-state index in [4.69, 9.17) is 11.6 Å². The molecule has 0 fully saturated rings. The fraction of sp³-hybridized carbons (Fsp3) is 0.273. The Morgan fingerprint density at radius 3 is 2.88 bits per heavy atom. The lowest BCUT2D eigenvalue weighted by Gasteiger charge is -2.19. The Balaban J connectivity index is 2.55. The molecule has 1 aromatic carbocycles. The average Bonchev–Trinajstić information content (AvgIpc) is 2.28. The fourth-order valence-electron chi connectivity index (χ4n) is 1.77. The molecule has 1 aliphatic rings. The van der Waals surface area contributed by atoms with Crippen molar-refractivity contribution < 1.29 is 14.3 Å². The molecule has 1 aliphatic heterocycles. The van der Waals surface area contributed by atoms with Crippen molar-refractivity contribution in [3.05, 3.63) is 28.3 Å². The van der Waals surface area contributed by atoms with E-state index in [9.17, 15) is 9.59 Å². The molecule has 5 heteroatoms. The van der Waals surface area contributed by atoms with Gasteiger partial charge < -0.3 is 10.1 Å². The molecule has 1 aromatic rings. The summed E-state index contributed by atoms with van der Waals surface area (Å²) in [5, 5.41) is 3.05. The van der Waals surface area contributed by atoms with E-state index in [-0.39, 0.29) is 5.91 Å². The molecule has 0 atom stereocenters. The zero-order valence-electron chi connectivity index (χ0n) is 8.67. The second-order valence-corrected chi connectivity index (χ2v) is 3.90. The molecular weight excluding hydrogens is 230 g/mol. The number of hydrogen-bond donors (Lipinski definition) is 1. The Labute approximate surface area is 97.5 Å². The van der Waals surface area contributed by atoms with E-state index < -0.39 is 5.97 Å². The van der Waals surface area contributed by atoms with Crippen molar-refractivity contribution in [1.82, 2.24) is 0 Å². The summed E-state index contributed by atoms with van der Waals surface area (Å²) >= 11 is 5.96. The van der Waals surface area contributed by atoms with Crippen LogP contribution < -0.4 is 5.32 Å². The van der Waals surface area contributed by atoms with Crippen molar-refractivity contribution in [2.45, 2.75) is 12.8 Å². The van der Waals surface area contributed by atoms with E-state index in [1.807, 2.05) is 0 Å². The average molecular weight is 240 g/mol. The van der Waals surface area contributed by atoms with Gasteiger partial charge in [0.15, 0.2) is 0 Å². The van der Waals surface area contributed by atoms with Gasteiger partial charge in [0.25, 0.3) is 0 Å². The molecular formula is C11H10ClNO3. The maximum absolute atomic E-state index is 11.6. The third-order valence-corrected chi connectivity index (χ3v) is 2.84. The number of ether oxygens (including phenoxy) is 1. The number of rotatable bonds is 1. The molecule has 0 spiro atoms. The first-order valence-electron chi connectivity index (χ1n) is 4.83. The lowest BCUT2D eigenvalue weighted by atomic mass is 9.97. The third kappa shape index (κ3) is 1.76. The number of benzene rings is 1. The van der Waals surface area contributed by atoms with Gasteiger partial charge in [0.05, 0.1) is 17.7 Å². The highest BCUT2D eigenvalue weighted by Gasteiger charge is 2.23. The highest BCUT2D eigenvalue weighted by Crippen LogP contribution is 2.31. The van der Waals surface area contributed by atoms with Crippen LogP contribution in [0.4, 0.5) is 5.69 Å². The molecule has 16 heavy (non-hydrogen) atoms. The number of fused-ring (bicyclic) bond motifs is 1. The monoisotopic (exact) mass is 239 g/mol. The summed E-state index contributed by atoms with van der Waals surface area (Å²) in [5.74, 6) is -0.524. The minimum Gasteiger partial charge on any atom is -0.465 e. The summed E-state index contributed by atoms with van der Waals surface area (Å²) in [6, 6.07) is 3.28.